The van der Waals surface area contributed by atoms with Crippen molar-refractivity contribution in [3.8, 4) is 0 Å². The highest BCUT2D eigenvalue weighted by Gasteiger charge is 2.11. The second-order valence-corrected chi connectivity index (χ2v) is 4.72. The Bertz CT molecular complexity index is 546. The third kappa shape index (κ3) is 2.42. The van der Waals surface area contributed by atoms with Gasteiger partial charge in [-0.15, -0.1) is 11.3 Å². The molecule has 2 heterocycles. The van der Waals surface area contributed by atoms with Crippen molar-refractivity contribution in [2.24, 2.45) is 0 Å². The van der Waals surface area contributed by atoms with Crippen molar-refractivity contribution >= 4 is 28.1 Å². The Kier molecular flexibility index (Phi) is 3.06. The molecule has 0 saturated carbocycles. The van der Waals surface area contributed by atoms with Gasteiger partial charge in [-0.1, -0.05) is 0 Å². The van der Waals surface area contributed by atoms with Gasteiger partial charge in [0, 0.05) is 11.1 Å². The van der Waals surface area contributed by atoms with Crippen LogP contribution in [0, 0.1) is 13.8 Å². The van der Waals surface area contributed by atoms with E-state index in [1.807, 2.05) is 13.8 Å². The van der Waals surface area contributed by atoms with Crippen LogP contribution in [-0.2, 0) is 0 Å². The molecule has 0 bridgehead atoms. The van der Waals surface area contributed by atoms with Crippen molar-refractivity contribution in [1.82, 2.24) is 9.97 Å². The molecule has 0 spiro atoms. The lowest BCUT2D eigenvalue weighted by Crippen LogP contribution is -2.02. The number of carbonyl (C=O) groups is 1. The van der Waals surface area contributed by atoms with Crippen molar-refractivity contribution < 1.29 is 9.90 Å². The Balaban J connectivity index is 2.33. The molecule has 5 nitrogen and oxygen atoms in total. The molecule has 2 aromatic heterocycles. The number of nitrogens with zero attached hydrogens (tertiary/aromatic N) is 2. The summed E-state index contributed by atoms with van der Waals surface area (Å²) in [6, 6.07) is 1.46. The minimum atomic E-state index is -0.986. The van der Waals surface area contributed by atoms with E-state index in [1.54, 1.807) is 0 Å². The van der Waals surface area contributed by atoms with Gasteiger partial charge in [-0.05, 0) is 19.9 Å². The number of aryl methyl sites for hydroxylation is 2. The summed E-state index contributed by atoms with van der Waals surface area (Å²) in [5, 5.41) is 12.7. The van der Waals surface area contributed by atoms with Crippen LogP contribution in [0.2, 0.25) is 0 Å². The highest BCUT2D eigenvalue weighted by atomic mass is 32.1. The van der Waals surface area contributed by atoms with E-state index in [0.29, 0.717) is 10.8 Å². The third-order valence-corrected chi connectivity index (χ3v) is 3.31. The molecule has 0 atom stereocenters. The van der Waals surface area contributed by atoms with Crippen molar-refractivity contribution in [1.29, 1.82) is 0 Å². The van der Waals surface area contributed by atoms with E-state index in [9.17, 15) is 4.79 Å². The predicted octanol–water partition coefficient (Wildman–Crippen LogP) is 2.60. The van der Waals surface area contributed by atoms with Crippen LogP contribution in [-0.4, -0.2) is 21.0 Å². The van der Waals surface area contributed by atoms with Crippen LogP contribution in [0.5, 0.6) is 0 Å². The summed E-state index contributed by atoms with van der Waals surface area (Å²) in [7, 11) is 0. The molecule has 17 heavy (non-hydrogen) atoms. The minimum absolute atomic E-state index is 0.186. The lowest BCUT2D eigenvalue weighted by Gasteiger charge is -2.05. The first-order chi connectivity index (χ1) is 8.08. The fourth-order valence-electron chi connectivity index (χ4n) is 1.32. The molecule has 2 aromatic rings. The smallest absolute Gasteiger partial charge is 0.337 e. The molecular formula is C11H11N3O2S. The summed E-state index contributed by atoms with van der Waals surface area (Å²) in [4.78, 5) is 20.3. The number of aromatic carboxylic acids is 1. The number of carboxylic acid groups (broad SMARTS) is 1. The van der Waals surface area contributed by atoms with Gasteiger partial charge in [0.2, 0.25) is 0 Å². The molecule has 0 aliphatic carbocycles. The predicted molar refractivity (Wildman–Crippen MR) is 66.1 cm³/mol. The van der Waals surface area contributed by atoms with Crippen LogP contribution in [0.4, 0.5) is 10.8 Å². The monoisotopic (exact) mass is 249 g/mol. The lowest BCUT2D eigenvalue weighted by molar-refractivity contribution is 0.0698. The second kappa shape index (κ2) is 4.50. The van der Waals surface area contributed by atoms with E-state index in [-0.39, 0.29) is 5.56 Å². The SMILES string of the molecule is Cc1nc(Nc2cnccc2C(=O)O)sc1C. The molecule has 0 saturated heterocycles. The Morgan fingerprint density at radius 3 is 2.82 bits per heavy atom. The van der Waals surface area contributed by atoms with Crippen LogP contribution < -0.4 is 5.32 Å². The van der Waals surface area contributed by atoms with E-state index >= 15 is 0 Å². The fourth-order valence-corrected chi connectivity index (χ4v) is 2.15. The topological polar surface area (TPSA) is 75.1 Å². The minimum Gasteiger partial charge on any atom is -0.478 e. The number of pyridine rings is 1. The molecule has 0 aliphatic heterocycles. The molecule has 0 unspecified atom stereocenters. The first-order valence-corrected chi connectivity index (χ1v) is 5.78. The first-order valence-electron chi connectivity index (χ1n) is 4.96. The molecule has 0 amide bonds. The van der Waals surface area contributed by atoms with Gasteiger partial charge >= 0.3 is 5.97 Å². The van der Waals surface area contributed by atoms with Gasteiger partial charge in [-0.25, -0.2) is 9.78 Å². The summed E-state index contributed by atoms with van der Waals surface area (Å²) in [5.74, 6) is -0.986. The van der Waals surface area contributed by atoms with E-state index < -0.39 is 5.97 Å². The molecule has 0 fully saturated rings. The average molecular weight is 249 g/mol. The number of aromatic nitrogens is 2. The van der Waals surface area contributed by atoms with Gasteiger partial charge in [0.1, 0.15) is 0 Å². The number of rotatable bonds is 3. The van der Waals surface area contributed by atoms with Gasteiger partial charge in [-0.3, -0.25) is 4.98 Å². The number of carboxylic acids is 1. The molecule has 6 heteroatoms. The zero-order chi connectivity index (χ0) is 12.4. The standard InChI is InChI=1S/C11H11N3O2S/c1-6-7(2)17-11(13-6)14-9-5-12-4-3-8(9)10(15)16/h3-5H,1-2H3,(H,13,14)(H,15,16). The molecule has 2 rings (SSSR count). The molecule has 88 valence electrons. The van der Waals surface area contributed by atoms with Crippen molar-refractivity contribution in [3.05, 3.63) is 34.6 Å². The molecule has 0 aliphatic rings. The normalized spacial score (nSPS) is 10.2. The maximum absolute atomic E-state index is 11.0. The van der Waals surface area contributed by atoms with E-state index in [1.165, 1.54) is 29.8 Å². The number of hydrogen-bond acceptors (Lipinski definition) is 5. The highest BCUT2D eigenvalue weighted by Crippen LogP contribution is 2.26. The van der Waals surface area contributed by atoms with Gasteiger partial charge in [0.15, 0.2) is 5.13 Å². The number of hydrogen-bond donors (Lipinski definition) is 2. The quantitative estimate of drug-likeness (QED) is 0.874. The number of nitrogens with one attached hydrogen (secondary N) is 1. The average Bonchev–Trinajstić information content (AvgIpc) is 2.58. The third-order valence-electron chi connectivity index (χ3n) is 2.32. The second-order valence-electron chi connectivity index (χ2n) is 3.51. The van der Waals surface area contributed by atoms with Crippen LogP contribution in [0.25, 0.3) is 0 Å². The fraction of sp³-hybridized carbons (Fsp3) is 0.182. The summed E-state index contributed by atoms with van der Waals surface area (Å²) in [6.07, 6.45) is 2.93. The zero-order valence-electron chi connectivity index (χ0n) is 9.39. The maximum Gasteiger partial charge on any atom is 0.337 e. The van der Waals surface area contributed by atoms with Gasteiger partial charge in [0.25, 0.3) is 0 Å². The largest absolute Gasteiger partial charge is 0.478 e. The van der Waals surface area contributed by atoms with Crippen LogP contribution in [0.15, 0.2) is 18.5 Å². The number of anilines is 2. The highest BCUT2D eigenvalue weighted by molar-refractivity contribution is 7.15. The number of thiazole rings is 1. The summed E-state index contributed by atoms with van der Waals surface area (Å²) < 4.78 is 0. The van der Waals surface area contributed by atoms with Crippen LogP contribution >= 0.6 is 11.3 Å². The van der Waals surface area contributed by atoms with E-state index in [4.69, 9.17) is 5.11 Å². The molecular weight excluding hydrogens is 238 g/mol. The van der Waals surface area contributed by atoms with Crippen LogP contribution in [0.1, 0.15) is 20.9 Å². The van der Waals surface area contributed by atoms with Gasteiger partial charge in [0.05, 0.1) is 23.1 Å². The Morgan fingerprint density at radius 1 is 1.47 bits per heavy atom. The van der Waals surface area contributed by atoms with Gasteiger partial charge < -0.3 is 10.4 Å². The lowest BCUT2D eigenvalue weighted by atomic mass is 10.2. The zero-order valence-corrected chi connectivity index (χ0v) is 10.2. The van der Waals surface area contributed by atoms with Crippen molar-refractivity contribution in [2.75, 3.05) is 5.32 Å². The van der Waals surface area contributed by atoms with E-state index in [2.05, 4.69) is 15.3 Å². The Hall–Kier alpha value is -1.95. The Morgan fingerprint density at radius 2 is 2.24 bits per heavy atom. The molecule has 0 aromatic carbocycles. The summed E-state index contributed by atoms with van der Waals surface area (Å²) >= 11 is 1.49. The van der Waals surface area contributed by atoms with Crippen molar-refractivity contribution in [2.45, 2.75) is 13.8 Å². The molecule has 0 radical (unpaired) electrons. The molecule has 2 N–H and O–H groups in total. The van der Waals surface area contributed by atoms with Crippen molar-refractivity contribution in [3.63, 3.8) is 0 Å². The summed E-state index contributed by atoms with van der Waals surface area (Å²) in [6.45, 7) is 3.89. The van der Waals surface area contributed by atoms with Crippen LogP contribution in [0.3, 0.4) is 0 Å². The maximum atomic E-state index is 11.0. The van der Waals surface area contributed by atoms with E-state index in [0.717, 1.165) is 10.6 Å². The first kappa shape index (κ1) is 11.5. The Labute approximate surface area is 102 Å². The van der Waals surface area contributed by atoms with Gasteiger partial charge in [-0.2, -0.15) is 0 Å². The summed E-state index contributed by atoms with van der Waals surface area (Å²) in [5.41, 5.74) is 1.58.